The molecule has 1 aliphatic heterocycles. The summed E-state index contributed by atoms with van der Waals surface area (Å²) in [5, 5.41) is 3.37. The maximum Gasteiger partial charge on any atom is 0.264 e. The van der Waals surface area contributed by atoms with E-state index >= 15 is 0 Å². The highest BCUT2D eigenvalue weighted by Crippen LogP contribution is 2.29. The Labute approximate surface area is 167 Å². The summed E-state index contributed by atoms with van der Waals surface area (Å²) < 4.78 is 6.62. The van der Waals surface area contributed by atoms with E-state index in [9.17, 15) is 9.59 Å². The van der Waals surface area contributed by atoms with E-state index in [0.717, 1.165) is 34.4 Å². The molecule has 1 fully saturated rings. The number of amides is 2. The minimum Gasteiger partial charge on any atom is -0.484 e. The van der Waals surface area contributed by atoms with Gasteiger partial charge >= 0.3 is 0 Å². The number of nitrogens with zero attached hydrogens (tertiary/aromatic N) is 2. The third kappa shape index (κ3) is 3.84. The summed E-state index contributed by atoms with van der Waals surface area (Å²) in [6.07, 6.45) is 1.49. The molecule has 0 bridgehead atoms. The van der Waals surface area contributed by atoms with Gasteiger partial charge in [-0.05, 0) is 61.7 Å². The summed E-state index contributed by atoms with van der Waals surface area (Å²) in [6, 6.07) is 11.4. The SMILES string of the molecule is Cc1cc(C)c2nc(NC(=O)COc3ccc(N4CCCC4=O)cc3)sc2c1. The monoisotopic (exact) mass is 395 g/mol. The zero-order chi connectivity index (χ0) is 19.7. The molecule has 1 aliphatic rings. The van der Waals surface area contributed by atoms with Crippen LogP contribution in [0, 0.1) is 13.8 Å². The molecular weight excluding hydrogens is 374 g/mol. The molecular formula is C21H21N3O3S. The Morgan fingerprint density at radius 3 is 2.75 bits per heavy atom. The van der Waals surface area contributed by atoms with Crippen LogP contribution >= 0.6 is 11.3 Å². The number of carbonyl (C=O) groups is 2. The molecule has 0 saturated carbocycles. The Morgan fingerprint density at radius 1 is 1.25 bits per heavy atom. The minimum absolute atomic E-state index is 0.101. The zero-order valence-electron chi connectivity index (χ0n) is 15.8. The average molecular weight is 395 g/mol. The molecule has 2 amide bonds. The number of aryl methyl sites for hydroxylation is 2. The van der Waals surface area contributed by atoms with Crippen molar-refractivity contribution in [3.05, 3.63) is 47.5 Å². The lowest BCUT2D eigenvalue weighted by molar-refractivity contribution is -0.118. The van der Waals surface area contributed by atoms with E-state index in [4.69, 9.17) is 4.74 Å². The van der Waals surface area contributed by atoms with Gasteiger partial charge in [-0.2, -0.15) is 0 Å². The van der Waals surface area contributed by atoms with E-state index < -0.39 is 0 Å². The van der Waals surface area contributed by atoms with Gasteiger partial charge in [0, 0.05) is 18.7 Å². The third-order valence-electron chi connectivity index (χ3n) is 4.67. The largest absolute Gasteiger partial charge is 0.484 e. The fraction of sp³-hybridized carbons (Fsp3) is 0.286. The van der Waals surface area contributed by atoms with Crippen molar-refractivity contribution in [1.29, 1.82) is 0 Å². The van der Waals surface area contributed by atoms with Gasteiger partial charge in [-0.15, -0.1) is 0 Å². The highest BCUT2D eigenvalue weighted by atomic mass is 32.1. The quantitative estimate of drug-likeness (QED) is 0.707. The highest BCUT2D eigenvalue weighted by molar-refractivity contribution is 7.22. The predicted molar refractivity (Wildman–Crippen MR) is 111 cm³/mol. The molecule has 144 valence electrons. The van der Waals surface area contributed by atoms with Crippen LogP contribution in [0.3, 0.4) is 0 Å². The molecule has 2 heterocycles. The third-order valence-corrected chi connectivity index (χ3v) is 5.59. The van der Waals surface area contributed by atoms with Crippen LogP contribution in [0.4, 0.5) is 10.8 Å². The van der Waals surface area contributed by atoms with E-state index in [1.54, 1.807) is 17.0 Å². The van der Waals surface area contributed by atoms with Gasteiger partial charge in [0.2, 0.25) is 5.91 Å². The number of rotatable bonds is 5. The van der Waals surface area contributed by atoms with Crippen molar-refractivity contribution in [2.75, 3.05) is 23.4 Å². The maximum atomic E-state index is 12.2. The van der Waals surface area contributed by atoms with E-state index in [0.29, 0.717) is 17.3 Å². The predicted octanol–water partition coefficient (Wildman–Crippen LogP) is 4.06. The number of hydrogen-bond acceptors (Lipinski definition) is 5. The number of thiazole rings is 1. The van der Waals surface area contributed by atoms with Crippen LogP contribution in [0.1, 0.15) is 24.0 Å². The average Bonchev–Trinajstić information content (AvgIpc) is 3.26. The van der Waals surface area contributed by atoms with Crippen LogP contribution in [0.25, 0.3) is 10.2 Å². The Hall–Kier alpha value is -2.93. The van der Waals surface area contributed by atoms with Crippen LogP contribution in [0.5, 0.6) is 5.75 Å². The van der Waals surface area contributed by atoms with Crippen molar-refractivity contribution in [3.63, 3.8) is 0 Å². The molecule has 7 heteroatoms. The van der Waals surface area contributed by atoms with Gasteiger partial charge in [0.15, 0.2) is 11.7 Å². The number of aromatic nitrogens is 1. The number of nitrogens with one attached hydrogen (secondary N) is 1. The van der Waals surface area contributed by atoms with E-state index in [1.807, 2.05) is 26.0 Å². The smallest absolute Gasteiger partial charge is 0.264 e. The van der Waals surface area contributed by atoms with Gasteiger partial charge in [-0.3, -0.25) is 14.9 Å². The molecule has 1 aromatic heterocycles. The number of benzene rings is 2. The van der Waals surface area contributed by atoms with Gasteiger partial charge in [0.05, 0.1) is 10.2 Å². The molecule has 0 radical (unpaired) electrons. The fourth-order valence-corrected chi connectivity index (χ4v) is 4.43. The van der Waals surface area contributed by atoms with Crippen molar-refractivity contribution in [2.45, 2.75) is 26.7 Å². The van der Waals surface area contributed by atoms with Gasteiger partial charge < -0.3 is 9.64 Å². The maximum absolute atomic E-state index is 12.2. The van der Waals surface area contributed by atoms with Crippen LogP contribution in [-0.4, -0.2) is 29.9 Å². The van der Waals surface area contributed by atoms with Crippen molar-refractivity contribution >= 4 is 44.2 Å². The van der Waals surface area contributed by atoms with Crippen LogP contribution < -0.4 is 15.0 Å². The lowest BCUT2D eigenvalue weighted by atomic mass is 10.1. The molecule has 4 rings (SSSR count). The second kappa shape index (κ2) is 7.59. The molecule has 28 heavy (non-hydrogen) atoms. The minimum atomic E-state index is -0.257. The Morgan fingerprint density at radius 2 is 2.04 bits per heavy atom. The summed E-state index contributed by atoms with van der Waals surface area (Å²) in [4.78, 5) is 30.3. The Kier molecular flexibility index (Phi) is 5.00. The Balaban J connectivity index is 1.35. The number of carbonyl (C=O) groups excluding carboxylic acids is 2. The van der Waals surface area contributed by atoms with Crippen molar-refractivity contribution in [3.8, 4) is 5.75 Å². The first-order valence-electron chi connectivity index (χ1n) is 9.20. The first-order valence-corrected chi connectivity index (χ1v) is 10.0. The number of hydrogen-bond donors (Lipinski definition) is 1. The summed E-state index contributed by atoms with van der Waals surface area (Å²) in [7, 11) is 0. The van der Waals surface area contributed by atoms with Gasteiger partial charge in [-0.25, -0.2) is 4.98 Å². The molecule has 2 aromatic carbocycles. The molecule has 0 unspecified atom stereocenters. The molecule has 3 aromatic rings. The fourth-order valence-electron chi connectivity index (χ4n) is 3.37. The van der Waals surface area contributed by atoms with Crippen LogP contribution in [0.2, 0.25) is 0 Å². The first kappa shape index (κ1) is 18.4. The first-order chi connectivity index (χ1) is 13.5. The summed E-state index contributed by atoms with van der Waals surface area (Å²) >= 11 is 1.46. The van der Waals surface area contributed by atoms with Crippen molar-refractivity contribution in [2.24, 2.45) is 0 Å². The standard InChI is InChI=1S/C21H21N3O3S/c1-13-10-14(2)20-17(11-13)28-21(23-20)22-18(25)12-27-16-7-5-15(6-8-16)24-9-3-4-19(24)26/h5-8,10-11H,3-4,9,12H2,1-2H3,(H,22,23,25). The van der Waals surface area contributed by atoms with E-state index in [2.05, 4.69) is 22.4 Å². The normalized spacial score (nSPS) is 13.9. The number of ether oxygens (including phenoxy) is 1. The summed E-state index contributed by atoms with van der Waals surface area (Å²) in [5.41, 5.74) is 4.05. The Bertz CT molecular complexity index is 1040. The van der Waals surface area contributed by atoms with E-state index in [1.165, 1.54) is 16.9 Å². The number of anilines is 2. The van der Waals surface area contributed by atoms with Crippen LogP contribution in [-0.2, 0) is 9.59 Å². The van der Waals surface area contributed by atoms with Crippen molar-refractivity contribution in [1.82, 2.24) is 4.98 Å². The van der Waals surface area contributed by atoms with E-state index in [-0.39, 0.29) is 18.4 Å². The molecule has 0 spiro atoms. The van der Waals surface area contributed by atoms with Gasteiger partial charge in [0.1, 0.15) is 5.75 Å². The number of fused-ring (bicyclic) bond motifs is 1. The molecule has 1 saturated heterocycles. The van der Waals surface area contributed by atoms with Crippen LogP contribution in [0.15, 0.2) is 36.4 Å². The van der Waals surface area contributed by atoms with Gasteiger partial charge in [0.25, 0.3) is 5.91 Å². The second-order valence-corrected chi connectivity index (χ2v) is 7.96. The van der Waals surface area contributed by atoms with Crippen molar-refractivity contribution < 1.29 is 14.3 Å². The second-order valence-electron chi connectivity index (χ2n) is 6.93. The lowest BCUT2D eigenvalue weighted by Gasteiger charge is -2.16. The van der Waals surface area contributed by atoms with Gasteiger partial charge in [-0.1, -0.05) is 17.4 Å². The molecule has 0 aliphatic carbocycles. The lowest BCUT2D eigenvalue weighted by Crippen LogP contribution is -2.23. The molecule has 1 N–H and O–H groups in total. The topological polar surface area (TPSA) is 71.5 Å². The summed E-state index contributed by atoms with van der Waals surface area (Å²) in [5.74, 6) is 0.475. The molecule has 0 atom stereocenters. The summed E-state index contributed by atoms with van der Waals surface area (Å²) in [6.45, 7) is 4.71. The highest BCUT2D eigenvalue weighted by Gasteiger charge is 2.21. The zero-order valence-corrected chi connectivity index (χ0v) is 16.6. The molecule has 6 nitrogen and oxygen atoms in total.